The Kier molecular flexibility index (Phi) is 3.84. The topological polar surface area (TPSA) is 42.0 Å². The van der Waals surface area contributed by atoms with E-state index in [1.165, 1.54) is 11.3 Å². The zero-order valence-corrected chi connectivity index (χ0v) is 10.4. The molecule has 0 aliphatic carbocycles. The van der Waals surface area contributed by atoms with E-state index in [4.69, 9.17) is 0 Å². The zero-order valence-electron chi connectivity index (χ0n) is 9.57. The number of nitrogens with zero attached hydrogens (tertiary/aromatic N) is 1. The minimum atomic E-state index is -4.39. The van der Waals surface area contributed by atoms with Crippen molar-refractivity contribution < 1.29 is 18.0 Å². The van der Waals surface area contributed by atoms with Crippen LogP contribution in [0.2, 0.25) is 0 Å². The highest BCUT2D eigenvalue weighted by atomic mass is 32.1. The first-order valence-electron chi connectivity index (χ1n) is 5.29. The molecule has 2 aromatic rings. The summed E-state index contributed by atoms with van der Waals surface area (Å²) in [5.41, 5.74) is 1.76. The summed E-state index contributed by atoms with van der Waals surface area (Å²) in [6.45, 7) is 0.253. The van der Waals surface area contributed by atoms with E-state index in [2.05, 4.69) is 10.3 Å². The summed E-state index contributed by atoms with van der Waals surface area (Å²) < 4.78 is 37.0. The van der Waals surface area contributed by atoms with Gasteiger partial charge < -0.3 is 5.32 Å². The van der Waals surface area contributed by atoms with E-state index >= 15 is 0 Å². The van der Waals surface area contributed by atoms with Crippen LogP contribution >= 0.6 is 11.3 Å². The van der Waals surface area contributed by atoms with Gasteiger partial charge in [0.05, 0.1) is 23.3 Å². The molecule has 0 radical (unpaired) electrons. The highest BCUT2D eigenvalue weighted by Gasteiger charge is 2.30. The fourth-order valence-corrected chi connectivity index (χ4v) is 1.97. The van der Waals surface area contributed by atoms with Crippen molar-refractivity contribution in [2.45, 2.75) is 12.7 Å². The molecule has 0 bridgehead atoms. The largest absolute Gasteiger partial charge is 0.416 e. The van der Waals surface area contributed by atoms with Crippen molar-refractivity contribution in [3.63, 3.8) is 0 Å². The van der Waals surface area contributed by atoms with Crippen molar-refractivity contribution in [1.29, 1.82) is 0 Å². The molecule has 1 aromatic carbocycles. The molecule has 1 amide bonds. The van der Waals surface area contributed by atoms with Crippen LogP contribution in [0.5, 0.6) is 0 Å². The number of hydrogen-bond acceptors (Lipinski definition) is 3. The molecule has 1 N–H and O–H groups in total. The number of benzene rings is 1. The molecule has 1 aromatic heterocycles. The lowest BCUT2D eigenvalue weighted by atomic mass is 10.1. The molecule has 0 saturated heterocycles. The summed E-state index contributed by atoms with van der Waals surface area (Å²) in [6.07, 6.45) is -4.39. The highest BCUT2D eigenvalue weighted by molar-refractivity contribution is 7.07. The standard InChI is InChI=1S/C12H9F3N2OS/c13-12(14,15)9-3-1-8(2-4-9)11(18)16-5-10-6-19-7-17-10/h1-4,6-7H,5H2,(H,16,18). The van der Waals surface area contributed by atoms with Crippen molar-refractivity contribution in [2.75, 3.05) is 0 Å². The fourth-order valence-electron chi connectivity index (χ4n) is 1.41. The van der Waals surface area contributed by atoms with Gasteiger partial charge in [-0.05, 0) is 24.3 Å². The maximum atomic E-state index is 12.3. The Labute approximate surface area is 111 Å². The van der Waals surface area contributed by atoms with Crippen LogP contribution in [0.3, 0.4) is 0 Å². The van der Waals surface area contributed by atoms with E-state index in [0.29, 0.717) is 5.69 Å². The third-order valence-corrected chi connectivity index (χ3v) is 3.02. The SMILES string of the molecule is O=C(NCc1cscn1)c1ccc(C(F)(F)F)cc1. The van der Waals surface area contributed by atoms with Gasteiger partial charge in [0.15, 0.2) is 0 Å². The summed E-state index contributed by atoms with van der Waals surface area (Å²) >= 11 is 1.40. The van der Waals surface area contributed by atoms with E-state index in [-0.39, 0.29) is 12.1 Å². The Bertz CT molecular complexity index is 549. The molecule has 0 aliphatic rings. The summed E-state index contributed by atoms with van der Waals surface area (Å²) in [4.78, 5) is 15.7. The lowest BCUT2D eigenvalue weighted by Gasteiger charge is -2.07. The minimum absolute atomic E-state index is 0.184. The molecule has 3 nitrogen and oxygen atoms in total. The van der Waals surface area contributed by atoms with Crippen molar-refractivity contribution in [3.05, 3.63) is 52.0 Å². The smallest absolute Gasteiger partial charge is 0.346 e. The predicted molar refractivity (Wildman–Crippen MR) is 64.7 cm³/mol. The van der Waals surface area contributed by atoms with Crippen LogP contribution in [-0.2, 0) is 12.7 Å². The second-order valence-corrected chi connectivity index (χ2v) is 4.46. The van der Waals surface area contributed by atoms with E-state index < -0.39 is 17.6 Å². The Balaban J connectivity index is 2.00. The lowest BCUT2D eigenvalue weighted by Crippen LogP contribution is -2.23. The van der Waals surface area contributed by atoms with E-state index in [1.54, 1.807) is 10.9 Å². The van der Waals surface area contributed by atoms with E-state index in [1.807, 2.05) is 0 Å². The Morgan fingerprint density at radius 2 is 1.95 bits per heavy atom. The van der Waals surface area contributed by atoms with Crippen LogP contribution in [0.25, 0.3) is 0 Å². The highest BCUT2D eigenvalue weighted by Crippen LogP contribution is 2.29. The maximum absolute atomic E-state index is 12.3. The molecular formula is C12H9F3N2OS. The molecule has 2 rings (SSSR count). The van der Waals surface area contributed by atoms with Gasteiger partial charge in [0.1, 0.15) is 0 Å². The third-order valence-electron chi connectivity index (χ3n) is 2.39. The molecular weight excluding hydrogens is 277 g/mol. The summed E-state index contributed by atoms with van der Waals surface area (Å²) in [6, 6.07) is 4.08. The normalized spacial score (nSPS) is 11.3. The summed E-state index contributed by atoms with van der Waals surface area (Å²) in [7, 11) is 0. The molecule has 7 heteroatoms. The van der Waals surface area contributed by atoms with Crippen molar-refractivity contribution >= 4 is 17.2 Å². The van der Waals surface area contributed by atoms with Crippen molar-refractivity contribution in [1.82, 2.24) is 10.3 Å². The number of carbonyl (C=O) groups is 1. The van der Waals surface area contributed by atoms with Crippen LogP contribution in [0.15, 0.2) is 35.2 Å². The number of thiazole rings is 1. The molecule has 1 heterocycles. The van der Waals surface area contributed by atoms with Gasteiger partial charge in [-0.25, -0.2) is 4.98 Å². The maximum Gasteiger partial charge on any atom is 0.416 e. The van der Waals surface area contributed by atoms with Crippen LogP contribution < -0.4 is 5.32 Å². The van der Waals surface area contributed by atoms with Crippen LogP contribution in [-0.4, -0.2) is 10.9 Å². The molecule has 0 spiro atoms. The average molecular weight is 286 g/mol. The van der Waals surface area contributed by atoms with Crippen molar-refractivity contribution in [3.8, 4) is 0 Å². The zero-order chi connectivity index (χ0) is 13.9. The van der Waals surface area contributed by atoms with E-state index in [9.17, 15) is 18.0 Å². The van der Waals surface area contributed by atoms with Gasteiger partial charge in [-0.3, -0.25) is 4.79 Å². The summed E-state index contributed by atoms with van der Waals surface area (Å²) in [5, 5.41) is 4.37. The predicted octanol–water partition coefficient (Wildman–Crippen LogP) is 3.09. The van der Waals surface area contributed by atoms with Gasteiger partial charge in [0.2, 0.25) is 0 Å². The molecule has 0 aliphatic heterocycles. The molecule has 0 saturated carbocycles. The Hall–Kier alpha value is -1.89. The number of nitrogens with one attached hydrogen (secondary N) is 1. The second-order valence-electron chi connectivity index (χ2n) is 3.74. The van der Waals surface area contributed by atoms with Gasteiger partial charge in [-0.2, -0.15) is 13.2 Å². The van der Waals surface area contributed by atoms with Gasteiger partial charge in [0, 0.05) is 10.9 Å². The monoisotopic (exact) mass is 286 g/mol. The lowest BCUT2D eigenvalue weighted by molar-refractivity contribution is -0.137. The first-order chi connectivity index (χ1) is 8.97. The number of aromatic nitrogens is 1. The molecule has 100 valence electrons. The number of rotatable bonds is 3. The minimum Gasteiger partial charge on any atom is -0.346 e. The quantitative estimate of drug-likeness (QED) is 0.942. The van der Waals surface area contributed by atoms with Crippen LogP contribution in [0.4, 0.5) is 13.2 Å². The van der Waals surface area contributed by atoms with Crippen LogP contribution in [0, 0.1) is 0 Å². The number of halogens is 3. The first-order valence-corrected chi connectivity index (χ1v) is 6.23. The number of carbonyl (C=O) groups excluding carboxylic acids is 1. The Morgan fingerprint density at radius 3 is 2.47 bits per heavy atom. The second kappa shape index (κ2) is 5.40. The molecule has 0 fully saturated rings. The summed E-state index contributed by atoms with van der Waals surface area (Å²) in [5.74, 6) is -0.429. The number of hydrogen-bond donors (Lipinski definition) is 1. The van der Waals surface area contributed by atoms with Gasteiger partial charge in [-0.15, -0.1) is 11.3 Å². The van der Waals surface area contributed by atoms with Crippen LogP contribution in [0.1, 0.15) is 21.6 Å². The molecule has 0 unspecified atom stereocenters. The fraction of sp³-hybridized carbons (Fsp3) is 0.167. The van der Waals surface area contributed by atoms with Gasteiger partial charge in [0.25, 0.3) is 5.91 Å². The molecule has 0 atom stereocenters. The first kappa shape index (κ1) is 13.5. The number of alkyl halides is 3. The van der Waals surface area contributed by atoms with E-state index in [0.717, 1.165) is 24.3 Å². The Morgan fingerprint density at radius 1 is 1.26 bits per heavy atom. The van der Waals surface area contributed by atoms with Crippen molar-refractivity contribution in [2.24, 2.45) is 0 Å². The molecule has 19 heavy (non-hydrogen) atoms. The van der Waals surface area contributed by atoms with Gasteiger partial charge >= 0.3 is 6.18 Å². The number of amides is 1. The van der Waals surface area contributed by atoms with Gasteiger partial charge in [-0.1, -0.05) is 0 Å². The third kappa shape index (κ3) is 3.54. The average Bonchev–Trinajstić information content (AvgIpc) is 2.88.